The summed E-state index contributed by atoms with van der Waals surface area (Å²) in [6, 6.07) is 2.41. The molecule has 0 spiro atoms. The van der Waals surface area contributed by atoms with Gasteiger partial charge in [0.15, 0.2) is 11.4 Å². The Morgan fingerprint density at radius 3 is 3.08 bits per heavy atom. The maximum Gasteiger partial charge on any atom is 0.186 e. The van der Waals surface area contributed by atoms with Gasteiger partial charge >= 0.3 is 0 Å². The van der Waals surface area contributed by atoms with Gasteiger partial charge in [0, 0.05) is 20.1 Å². The summed E-state index contributed by atoms with van der Waals surface area (Å²) in [4.78, 5) is 8.80. The van der Waals surface area contributed by atoms with Crippen LogP contribution >= 0.6 is 12.2 Å². The quantitative estimate of drug-likeness (QED) is 0.374. The fourth-order valence-electron chi connectivity index (χ4n) is 2.38. The fourth-order valence-corrected chi connectivity index (χ4v) is 2.43. The molecule has 9 nitrogen and oxygen atoms in total. The molecule has 0 radical (unpaired) electrons. The van der Waals surface area contributed by atoms with Gasteiger partial charge in [0.1, 0.15) is 0 Å². The second-order valence-corrected chi connectivity index (χ2v) is 6.32. The average Bonchev–Trinajstić information content (AvgIpc) is 3.19. The summed E-state index contributed by atoms with van der Waals surface area (Å²) >= 11 is 4.88. The predicted molar refractivity (Wildman–Crippen MR) is 98.4 cm³/mol. The summed E-state index contributed by atoms with van der Waals surface area (Å²) in [7, 11) is 3.58. The van der Waals surface area contributed by atoms with Gasteiger partial charge in [-0.1, -0.05) is 0 Å². The summed E-state index contributed by atoms with van der Waals surface area (Å²) in [5.74, 6) is 0.0425. The number of nitrogens with two attached hydrogens (primary N) is 1. The van der Waals surface area contributed by atoms with E-state index in [2.05, 4.69) is 31.8 Å². The molecule has 1 aliphatic heterocycles. The van der Waals surface area contributed by atoms with Crippen LogP contribution in [-0.4, -0.2) is 51.0 Å². The lowest BCUT2D eigenvalue weighted by molar-refractivity contribution is 0.469. The molecule has 3 rings (SSSR count). The van der Waals surface area contributed by atoms with Crippen molar-refractivity contribution < 1.29 is 0 Å². The summed E-state index contributed by atoms with van der Waals surface area (Å²) in [5.41, 5.74) is 7.94. The number of aromatic nitrogens is 2. The first-order valence-corrected chi connectivity index (χ1v) is 8.14. The highest BCUT2D eigenvalue weighted by molar-refractivity contribution is 7.80. The Kier molecular flexibility index (Phi) is 4.78. The van der Waals surface area contributed by atoms with Gasteiger partial charge in [0.2, 0.25) is 0 Å². The van der Waals surface area contributed by atoms with E-state index in [-0.39, 0.29) is 23.4 Å². The van der Waals surface area contributed by atoms with Crippen molar-refractivity contribution in [2.75, 3.05) is 7.05 Å². The molecule has 25 heavy (non-hydrogen) atoms. The van der Waals surface area contributed by atoms with E-state index in [0.29, 0.717) is 0 Å². The predicted octanol–water partition coefficient (Wildman–Crippen LogP) is -0.357. The third kappa shape index (κ3) is 4.01. The highest BCUT2D eigenvalue weighted by atomic mass is 32.1. The highest BCUT2D eigenvalue weighted by Gasteiger charge is 2.39. The van der Waals surface area contributed by atoms with Crippen molar-refractivity contribution in [3.63, 3.8) is 0 Å². The lowest BCUT2D eigenvalue weighted by Gasteiger charge is -2.23. The zero-order chi connectivity index (χ0) is 18.0. The van der Waals surface area contributed by atoms with Crippen molar-refractivity contribution in [3.8, 4) is 6.07 Å². The minimum Gasteiger partial charge on any atom is -0.375 e. The number of thiocarbonyl (C=S) groups is 1. The third-order valence-corrected chi connectivity index (χ3v) is 4.22. The highest BCUT2D eigenvalue weighted by Crippen LogP contribution is 2.29. The second-order valence-electron chi connectivity index (χ2n) is 5.90. The normalized spacial score (nSPS) is 24.9. The van der Waals surface area contributed by atoms with Crippen LogP contribution < -0.4 is 16.4 Å². The van der Waals surface area contributed by atoms with Gasteiger partial charge in [-0.15, -0.1) is 0 Å². The minimum atomic E-state index is -0.352. The Morgan fingerprint density at radius 1 is 1.68 bits per heavy atom. The number of nitrogens with zero attached hydrogens (tertiary/aromatic N) is 6. The molecule has 1 aliphatic carbocycles. The number of nitriles is 1. The molecular formula is C15H19N9S. The van der Waals surface area contributed by atoms with Crippen LogP contribution in [0.25, 0.3) is 0 Å². The van der Waals surface area contributed by atoms with Crippen LogP contribution in [0.15, 0.2) is 34.4 Å². The zero-order valence-electron chi connectivity index (χ0n) is 13.9. The fraction of sp³-hybridized carbons (Fsp3) is 0.400. The molecule has 3 atom stereocenters. The van der Waals surface area contributed by atoms with E-state index in [1.807, 2.05) is 17.7 Å². The van der Waals surface area contributed by atoms with Crippen LogP contribution in [0.2, 0.25) is 0 Å². The van der Waals surface area contributed by atoms with Gasteiger partial charge < -0.3 is 15.6 Å². The topological polar surface area (TPSA) is 120 Å². The Morgan fingerprint density at radius 2 is 2.48 bits per heavy atom. The number of nitrogens with one attached hydrogen (secondary N) is 2. The number of allylic oxidation sites excluding steroid dienone is 2. The van der Waals surface area contributed by atoms with Crippen LogP contribution in [-0.2, 0) is 7.05 Å². The largest absolute Gasteiger partial charge is 0.375 e. The Labute approximate surface area is 150 Å². The molecule has 0 saturated heterocycles. The number of hydrazone groups is 1. The van der Waals surface area contributed by atoms with Gasteiger partial charge in [-0.25, -0.2) is 15.0 Å². The maximum absolute atomic E-state index is 8.97. The molecular weight excluding hydrogens is 338 g/mol. The van der Waals surface area contributed by atoms with E-state index in [1.54, 1.807) is 25.8 Å². The third-order valence-electron chi connectivity index (χ3n) is 3.96. The first kappa shape index (κ1) is 17.1. The number of rotatable bonds is 5. The first-order chi connectivity index (χ1) is 12.0. The Hall–Kier alpha value is -2.77. The van der Waals surface area contributed by atoms with E-state index in [4.69, 9.17) is 23.2 Å². The van der Waals surface area contributed by atoms with Crippen LogP contribution in [0.1, 0.15) is 12.1 Å². The van der Waals surface area contributed by atoms with Crippen molar-refractivity contribution >= 4 is 29.3 Å². The molecule has 1 aromatic rings. The van der Waals surface area contributed by atoms with Crippen molar-refractivity contribution in [3.05, 3.63) is 30.0 Å². The molecule has 10 heteroatoms. The zero-order valence-corrected chi connectivity index (χ0v) is 14.7. The summed E-state index contributed by atoms with van der Waals surface area (Å²) in [6.45, 7) is 0. The van der Waals surface area contributed by atoms with E-state index in [1.165, 1.54) is 5.01 Å². The summed E-state index contributed by atoms with van der Waals surface area (Å²) in [6.07, 6.45) is 7.46. The lowest BCUT2D eigenvalue weighted by atomic mass is 10.2. The summed E-state index contributed by atoms with van der Waals surface area (Å²) in [5, 5.41) is 21.3. The first-order valence-electron chi connectivity index (χ1n) is 7.73. The molecule has 2 heterocycles. The van der Waals surface area contributed by atoms with E-state index in [0.717, 1.165) is 23.5 Å². The summed E-state index contributed by atoms with van der Waals surface area (Å²) < 4.78 is 1.89. The number of aliphatic imine (C=N–C) groups is 1. The van der Waals surface area contributed by atoms with Crippen molar-refractivity contribution in [2.45, 2.75) is 18.8 Å². The SMILES string of the molecule is CN(/N=C/C1=CC(c2cncn2C)=NC(NC2CC2C#N)N1)C(N)=S. The molecule has 0 amide bonds. The molecule has 1 saturated carbocycles. The molecule has 0 bridgehead atoms. The number of imidazole rings is 1. The maximum atomic E-state index is 8.97. The van der Waals surface area contributed by atoms with Crippen LogP contribution in [0.4, 0.5) is 0 Å². The van der Waals surface area contributed by atoms with Gasteiger partial charge in [-0.3, -0.25) is 5.32 Å². The van der Waals surface area contributed by atoms with Gasteiger partial charge in [-0.05, 0) is 24.7 Å². The van der Waals surface area contributed by atoms with Crippen LogP contribution in [0.3, 0.4) is 0 Å². The van der Waals surface area contributed by atoms with Crippen molar-refractivity contribution in [1.82, 2.24) is 25.2 Å². The van der Waals surface area contributed by atoms with Crippen LogP contribution in [0.5, 0.6) is 0 Å². The van der Waals surface area contributed by atoms with E-state index < -0.39 is 0 Å². The number of hydrogen-bond donors (Lipinski definition) is 3. The monoisotopic (exact) mass is 357 g/mol. The molecule has 2 aliphatic rings. The van der Waals surface area contributed by atoms with Crippen molar-refractivity contribution in [1.29, 1.82) is 5.26 Å². The van der Waals surface area contributed by atoms with Crippen molar-refractivity contribution in [2.24, 2.45) is 28.8 Å². The van der Waals surface area contributed by atoms with Gasteiger partial charge in [0.25, 0.3) is 0 Å². The van der Waals surface area contributed by atoms with Crippen LogP contribution in [0, 0.1) is 17.2 Å². The second kappa shape index (κ2) is 7.00. The molecule has 4 N–H and O–H groups in total. The molecule has 1 fully saturated rings. The number of hydrogen-bond acceptors (Lipinski definition) is 7. The number of aryl methyl sites for hydroxylation is 1. The Bertz CT molecular complexity index is 800. The Balaban J connectivity index is 1.81. The molecule has 1 aromatic heterocycles. The lowest BCUT2D eigenvalue weighted by Crippen LogP contribution is -2.45. The van der Waals surface area contributed by atoms with E-state index in [9.17, 15) is 0 Å². The van der Waals surface area contributed by atoms with Gasteiger partial charge in [0.05, 0.1) is 47.8 Å². The standard InChI is InChI=1S/C15H19N9S/c1-23-8-18-7-13(23)12-4-10(6-19-24(2)14(17)25)20-15(22-12)21-11-3-9(11)5-16/h4,6-9,11,15,20-21H,3H2,1-2H3,(H2,17,25)/b19-6+. The van der Waals surface area contributed by atoms with Gasteiger partial charge in [-0.2, -0.15) is 10.4 Å². The smallest absolute Gasteiger partial charge is 0.186 e. The van der Waals surface area contributed by atoms with E-state index >= 15 is 0 Å². The molecule has 130 valence electrons. The average molecular weight is 357 g/mol. The molecule has 0 aromatic carbocycles. The molecule has 3 unspecified atom stereocenters. The minimum absolute atomic E-state index is 0.0425.